The van der Waals surface area contributed by atoms with Crippen molar-refractivity contribution in [1.82, 2.24) is 14.8 Å². The zero-order chi connectivity index (χ0) is 21.6. The first kappa shape index (κ1) is 21.2. The second-order valence-electron chi connectivity index (χ2n) is 8.11. The van der Waals surface area contributed by atoms with Crippen molar-refractivity contribution in [3.8, 4) is 0 Å². The van der Waals surface area contributed by atoms with Crippen molar-refractivity contribution in [2.75, 3.05) is 44.2 Å². The molecule has 164 valence electrons. The minimum Gasteiger partial charge on any atom is -0.408 e. The number of amides is 1. The van der Waals surface area contributed by atoms with Crippen molar-refractivity contribution >= 4 is 22.7 Å². The Morgan fingerprint density at radius 2 is 1.84 bits per heavy atom. The Labute approximate surface area is 182 Å². The molecule has 1 aliphatic rings. The summed E-state index contributed by atoms with van der Waals surface area (Å²) in [6.07, 6.45) is 0.998. The third kappa shape index (κ3) is 5.35. The lowest BCUT2D eigenvalue weighted by molar-refractivity contribution is -0.121. The van der Waals surface area contributed by atoms with Crippen molar-refractivity contribution in [3.05, 3.63) is 64.6 Å². The predicted octanol–water partition coefficient (Wildman–Crippen LogP) is 2.62. The van der Waals surface area contributed by atoms with E-state index in [0.717, 1.165) is 38.2 Å². The molecule has 1 amide bonds. The van der Waals surface area contributed by atoms with Gasteiger partial charge < -0.3 is 14.6 Å². The molecule has 0 aliphatic carbocycles. The molecule has 2 aromatic carbocycles. The molecule has 3 aromatic rings. The molecular weight excluding hydrogens is 392 g/mol. The number of nitrogens with zero attached hydrogens (tertiary/aromatic N) is 3. The molecule has 0 radical (unpaired) electrons. The van der Waals surface area contributed by atoms with E-state index < -0.39 is 0 Å². The van der Waals surface area contributed by atoms with Crippen LogP contribution in [0.3, 0.4) is 0 Å². The van der Waals surface area contributed by atoms with Gasteiger partial charge in [0, 0.05) is 57.9 Å². The van der Waals surface area contributed by atoms with Crippen LogP contribution in [0.15, 0.2) is 57.7 Å². The summed E-state index contributed by atoms with van der Waals surface area (Å²) in [5.41, 5.74) is 3.93. The van der Waals surface area contributed by atoms with Crippen LogP contribution in [-0.2, 0) is 11.3 Å². The normalized spacial score (nSPS) is 14.8. The van der Waals surface area contributed by atoms with E-state index in [0.29, 0.717) is 31.5 Å². The molecule has 7 heteroatoms. The van der Waals surface area contributed by atoms with Gasteiger partial charge in [-0.1, -0.05) is 24.3 Å². The second kappa shape index (κ2) is 9.83. The summed E-state index contributed by atoms with van der Waals surface area (Å²) < 4.78 is 6.82. The van der Waals surface area contributed by atoms with E-state index in [2.05, 4.69) is 46.3 Å². The maximum absolute atomic E-state index is 12.2. The number of fused-ring (bicyclic) bond motifs is 1. The Bertz CT molecular complexity index is 1080. The van der Waals surface area contributed by atoms with Crippen LogP contribution in [0.25, 0.3) is 11.1 Å². The number of aromatic nitrogens is 1. The molecular formula is C24H30N4O3. The van der Waals surface area contributed by atoms with E-state index in [1.165, 1.54) is 11.3 Å². The number of para-hydroxylation sites is 2. The number of aryl methyl sites for hydroxylation is 2. The Morgan fingerprint density at radius 1 is 1.03 bits per heavy atom. The molecule has 0 saturated carbocycles. The Balaban J connectivity index is 1.14. The smallest absolute Gasteiger partial charge is 0.408 e. The fourth-order valence-corrected chi connectivity index (χ4v) is 4.12. The SMILES string of the molecule is Cc1cccc(N2CCN(CCNC(=O)CCCn3c(=O)oc4ccccc43)CC2)c1. The molecule has 1 aliphatic heterocycles. The third-order valence-electron chi connectivity index (χ3n) is 5.85. The lowest BCUT2D eigenvalue weighted by Gasteiger charge is -2.36. The molecule has 0 bridgehead atoms. The number of anilines is 1. The van der Waals surface area contributed by atoms with Gasteiger partial charge in [0.05, 0.1) is 5.52 Å². The van der Waals surface area contributed by atoms with Gasteiger partial charge in [-0.3, -0.25) is 14.3 Å². The number of hydrogen-bond donors (Lipinski definition) is 1. The number of piperazine rings is 1. The first-order valence-corrected chi connectivity index (χ1v) is 11.0. The van der Waals surface area contributed by atoms with Crippen LogP contribution in [0.4, 0.5) is 5.69 Å². The number of rotatable bonds is 8. The van der Waals surface area contributed by atoms with Crippen molar-refractivity contribution in [2.45, 2.75) is 26.3 Å². The Hall–Kier alpha value is -3.06. The van der Waals surface area contributed by atoms with Gasteiger partial charge >= 0.3 is 5.76 Å². The summed E-state index contributed by atoms with van der Waals surface area (Å²) >= 11 is 0. The summed E-state index contributed by atoms with van der Waals surface area (Å²) in [6, 6.07) is 16.0. The quantitative estimate of drug-likeness (QED) is 0.604. The third-order valence-corrected chi connectivity index (χ3v) is 5.85. The standard InChI is InChI=1S/C24H30N4O3/c1-19-6-4-7-20(18-19)27-16-14-26(15-17-27)13-11-25-23(29)10-5-12-28-21-8-2-3-9-22(21)31-24(28)30/h2-4,6-9,18H,5,10-17H2,1H3,(H,25,29). The molecule has 0 atom stereocenters. The number of nitrogens with one attached hydrogen (secondary N) is 1. The van der Waals surface area contributed by atoms with Crippen LogP contribution < -0.4 is 16.0 Å². The van der Waals surface area contributed by atoms with Crippen LogP contribution in [0, 0.1) is 6.92 Å². The zero-order valence-electron chi connectivity index (χ0n) is 18.0. The van der Waals surface area contributed by atoms with Gasteiger partial charge in [-0.15, -0.1) is 0 Å². The highest BCUT2D eigenvalue weighted by molar-refractivity contribution is 5.76. The summed E-state index contributed by atoms with van der Waals surface area (Å²) in [5.74, 6) is -0.342. The van der Waals surface area contributed by atoms with Crippen LogP contribution in [0.2, 0.25) is 0 Å². The Kier molecular flexibility index (Phi) is 6.72. The fraction of sp³-hybridized carbons (Fsp3) is 0.417. The average molecular weight is 423 g/mol. The highest BCUT2D eigenvalue weighted by Gasteiger charge is 2.17. The van der Waals surface area contributed by atoms with Gasteiger partial charge in [-0.25, -0.2) is 4.79 Å². The van der Waals surface area contributed by atoms with E-state index in [1.807, 2.05) is 18.2 Å². The largest absolute Gasteiger partial charge is 0.419 e. The summed E-state index contributed by atoms with van der Waals surface area (Å²) in [7, 11) is 0. The molecule has 1 fully saturated rings. The van der Waals surface area contributed by atoms with Crippen molar-refractivity contribution < 1.29 is 9.21 Å². The van der Waals surface area contributed by atoms with Gasteiger partial charge in [0.25, 0.3) is 0 Å². The maximum Gasteiger partial charge on any atom is 0.419 e. The van der Waals surface area contributed by atoms with Crippen LogP contribution in [-0.4, -0.2) is 54.6 Å². The van der Waals surface area contributed by atoms with Gasteiger partial charge in [0.15, 0.2) is 5.58 Å². The van der Waals surface area contributed by atoms with Gasteiger partial charge in [-0.05, 0) is 43.2 Å². The first-order valence-electron chi connectivity index (χ1n) is 11.0. The summed E-state index contributed by atoms with van der Waals surface area (Å²) in [4.78, 5) is 29.0. The lowest BCUT2D eigenvalue weighted by atomic mass is 10.2. The van der Waals surface area contributed by atoms with Crippen molar-refractivity contribution in [2.24, 2.45) is 0 Å². The number of carbonyl (C=O) groups is 1. The average Bonchev–Trinajstić information content (AvgIpc) is 3.09. The molecule has 0 unspecified atom stereocenters. The van der Waals surface area contributed by atoms with Gasteiger partial charge in [0.2, 0.25) is 5.91 Å². The summed E-state index contributed by atoms with van der Waals surface area (Å²) in [5, 5.41) is 3.01. The number of benzene rings is 2. The number of carbonyl (C=O) groups excluding carboxylic acids is 1. The van der Waals surface area contributed by atoms with Crippen LogP contribution in [0.1, 0.15) is 18.4 Å². The molecule has 1 aromatic heterocycles. The molecule has 7 nitrogen and oxygen atoms in total. The van der Waals surface area contributed by atoms with Crippen molar-refractivity contribution in [1.29, 1.82) is 0 Å². The minimum absolute atomic E-state index is 0.0271. The van der Waals surface area contributed by atoms with E-state index in [-0.39, 0.29) is 11.7 Å². The fourth-order valence-electron chi connectivity index (χ4n) is 4.12. The lowest BCUT2D eigenvalue weighted by Crippen LogP contribution is -2.48. The summed E-state index contributed by atoms with van der Waals surface area (Å²) in [6.45, 7) is 8.12. The molecule has 1 saturated heterocycles. The monoisotopic (exact) mass is 422 g/mol. The molecule has 0 spiro atoms. The van der Waals surface area contributed by atoms with Crippen LogP contribution >= 0.6 is 0 Å². The minimum atomic E-state index is -0.369. The van der Waals surface area contributed by atoms with Crippen LogP contribution in [0.5, 0.6) is 0 Å². The second-order valence-corrected chi connectivity index (χ2v) is 8.11. The number of hydrogen-bond acceptors (Lipinski definition) is 5. The highest BCUT2D eigenvalue weighted by Crippen LogP contribution is 2.17. The first-order chi connectivity index (χ1) is 15.1. The van der Waals surface area contributed by atoms with Crippen molar-refractivity contribution in [3.63, 3.8) is 0 Å². The van der Waals surface area contributed by atoms with Gasteiger partial charge in [-0.2, -0.15) is 0 Å². The highest BCUT2D eigenvalue weighted by atomic mass is 16.4. The molecule has 1 N–H and O–H groups in total. The van der Waals surface area contributed by atoms with Gasteiger partial charge in [0.1, 0.15) is 0 Å². The molecule has 31 heavy (non-hydrogen) atoms. The van der Waals surface area contributed by atoms with E-state index >= 15 is 0 Å². The maximum atomic E-state index is 12.2. The van der Waals surface area contributed by atoms with E-state index in [9.17, 15) is 9.59 Å². The zero-order valence-corrected chi connectivity index (χ0v) is 18.0. The topological polar surface area (TPSA) is 70.7 Å². The Morgan fingerprint density at radius 3 is 2.65 bits per heavy atom. The predicted molar refractivity (Wildman–Crippen MR) is 123 cm³/mol. The van der Waals surface area contributed by atoms with E-state index in [1.54, 1.807) is 10.6 Å². The number of oxazole rings is 1. The van der Waals surface area contributed by atoms with E-state index in [4.69, 9.17) is 4.42 Å². The molecule has 2 heterocycles. The molecule has 4 rings (SSSR count).